The Labute approximate surface area is 123 Å². The van der Waals surface area contributed by atoms with Gasteiger partial charge in [0, 0.05) is 19.1 Å². The molecular weight excluding hydrogens is 248 g/mol. The van der Waals surface area contributed by atoms with E-state index in [1.165, 1.54) is 31.4 Å². The highest BCUT2D eigenvalue weighted by Crippen LogP contribution is 2.12. The second-order valence-electron chi connectivity index (χ2n) is 5.71. The summed E-state index contributed by atoms with van der Waals surface area (Å²) < 4.78 is 5.85. The lowest BCUT2D eigenvalue weighted by molar-refractivity contribution is 0.190. The van der Waals surface area contributed by atoms with E-state index >= 15 is 0 Å². The molecule has 1 unspecified atom stereocenters. The Morgan fingerprint density at radius 3 is 2.95 bits per heavy atom. The van der Waals surface area contributed by atoms with Gasteiger partial charge in [-0.15, -0.1) is 0 Å². The summed E-state index contributed by atoms with van der Waals surface area (Å²) in [4.78, 5) is 2.48. The third-order valence-corrected chi connectivity index (χ3v) is 4.00. The molecule has 1 N–H and O–H groups in total. The number of hydrogen-bond acceptors (Lipinski definition) is 3. The molecule has 0 aromatic heterocycles. The minimum absolute atomic E-state index is 0.669. The van der Waals surface area contributed by atoms with Gasteiger partial charge in [0.05, 0.1) is 0 Å². The lowest BCUT2D eigenvalue weighted by Crippen LogP contribution is -2.44. The van der Waals surface area contributed by atoms with Gasteiger partial charge >= 0.3 is 0 Å². The second kappa shape index (κ2) is 8.28. The van der Waals surface area contributed by atoms with Crippen LogP contribution in [0.4, 0.5) is 0 Å². The fourth-order valence-corrected chi connectivity index (χ4v) is 2.77. The molecule has 0 radical (unpaired) electrons. The maximum absolute atomic E-state index is 5.85. The molecule has 1 aromatic carbocycles. The van der Waals surface area contributed by atoms with E-state index in [2.05, 4.69) is 36.2 Å². The van der Waals surface area contributed by atoms with Crippen molar-refractivity contribution in [3.05, 3.63) is 29.8 Å². The van der Waals surface area contributed by atoms with Gasteiger partial charge < -0.3 is 10.1 Å². The average molecular weight is 276 g/mol. The smallest absolute Gasteiger partial charge is 0.119 e. The Hall–Kier alpha value is -1.06. The number of aryl methyl sites for hydroxylation is 1. The van der Waals surface area contributed by atoms with Crippen LogP contribution in [-0.2, 0) is 0 Å². The molecule has 3 heteroatoms. The molecule has 2 rings (SSSR count). The molecule has 0 aliphatic carbocycles. The van der Waals surface area contributed by atoms with Crippen LogP contribution in [0.1, 0.15) is 31.7 Å². The highest BCUT2D eigenvalue weighted by molar-refractivity contribution is 5.27. The maximum atomic E-state index is 5.85. The highest BCUT2D eigenvalue weighted by Gasteiger charge is 2.15. The summed E-state index contributed by atoms with van der Waals surface area (Å²) in [5, 5.41) is 3.62. The van der Waals surface area contributed by atoms with Crippen molar-refractivity contribution in [2.45, 2.75) is 39.2 Å². The first-order chi connectivity index (χ1) is 9.78. The Balaban J connectivity index is 1.70. The van der Waals surface area contributed by atoms with Crippen LogP contribution in [0, 0.1) is 6.92 Å². The summed E-state index contributed by atoms with van der Waals surface area (Å²) in [5.41, 5.74) is 1.25. The van der Waals surface area contributed by atoms with E-state index in [0.717, 1.165) is 32.0 Å². The van der Waals surface area contributed by atoms with Gasteiger partial charge in [-0.1, -0.05) is 25.5 Å². The van der Waals surface area contributed by atoms with Gasteiger partial charge in [0.2, 0.25) is 0 Å². The van der Waals surface area contributed by atoms with Crippen LogP contribution in [0.3, 0.4) is 0 Å². The van der Waals surface area contributed by atoms with E-state index in [0.29, 0.717) is 6.04 Å². The molecule has 1 aliphatic heterocycles. The van der Waals surface area contributed by atoms with Crippen LogP contribution >= 0.6 is 0 Å². The van der Waals surface area contributed by atoms with Crippen LogP contribution in [0.2, 0.25) is 0 Å². The minimum atomic E-state index is 0.669. The van der Waals surface area contributed by atoms with Gasteiger partial charge in [-0.2, -0.15) is 0 Å². The molecule has 112 valence electrons. The molecule has 1 fully saturated rings. The predicted octanol–water partition coefficient (Wildman–Crippen LogP) is 2.84. The van der Waals surface area contributed by atoms with Crippen molar-refractivity contribution in [1.82, 2.24) is 10.2 Å². The molecule has 3 nitrogen and oxygen atoms in total. The van der Waals surface area contributed by atoms with E-state index in [-0.39, 0.29) is 0 Å². The quantitative estimate of drug-likeness (QED) is 0.829. The summed E-state index contributed by atoms with van der Waals surface area (Å²) >= 11 is 0. The van der Waals surface area contributed by atoms with Gasteiger partial charge in [0.25, 0.3) is 0 Å². The van der Waals surface area contributed by atoms with Crippen molar-refractivity contribution in [3.8, 4) is 5.75 Å². The number of nitrogens with zero attached hydrogens (tertiary/aromatic N) is 1. The van der Waals surface area contributed by atoms with Crippen molar-refractivity contribution in [2.24, 2.45) is 0 Å². The molecule has 1 heterocycles. The highest BCUT2D eigenvalue weighted by atomic mass is 16.5. The van der Waals surface area contributed by atoms with Gasteiger partial charge in [-0.25, -0.2) is 0 Å². The third-order valence-electron chi connectivity index (χ3n) is 4.00. The van der Waals surface area contributed by atoms with Crippen molar-refractivity contribution < 1.29 is 4.74 Å². The number of rotatable bonds is 7. The standard InChI is InChI=1S/C17H28N2O/c1-3-19(14-16-8-4-5-10-18-16)11-12-20-17-9-6-7-15(2)13-17/h6-7,9,13,16,18H,3-5,8,10-12,14H2,1-2H3. The lowest BCUT2D eigenvalue weighted by atomic mass is 10.0. The largest absolute Gasteiger partial charge is 0.492 e. The topological polar surface area (TPSA) is 24.5 Å². The summed E-state index contributed by atoms with van der Waals surface area (Å²) in [6.45, 7) is 9.52. The summed E-state index contributed by atoms with van der Waals surface area (Å²) in [5.74, 6) is 0.983. The summed E-state index contributed by atoms with van der Waals surface area (Å²) in [6, 6.07) is 8.95. The fraction of sp³-hybridized carbons (Fsp3) is 0.647. The number of benzene rings is 1. The zero-order valence-electron chi connectivity index (χ0n) is 12.9. The van der Waals surface area contributed by atoms with Crippen LogP contribution in [0.15, 0.2) is 24.3 Å². The number of hydrogen-bond donors (Lipinski definition) is 1. The van der Waals surface area contributed by atoms with Crippen molar-refractivity contribution in [1.29, 1.82) is 0 Å². The number of likely N-dealkylation sites (N-methyl/N-ethyl adjacent to an activating group) is 1. The van der Waals surface area contributed by atoms with E-state index in [1.807, 2.05) is 12.1 Å². The van der Waals surface area contributed by atoms with Crippen LogP contribution < -0.4 is 10.1 Å². The van der Waals surface area contributed by atoms with Gasteiger partial charge in [0.15, 0.2) is 0 Å². The fourth-order valence-electron chi connectivity index (χ4n) is 2.77. The third kappa shape index (κ3) is 5.14. The Bertz CT molecular complexity index is 388. The second-order valence-corrected chi connectivity index (χ2v) is 5.71. The van der Waals surface area contributed by atoms with Crippen molar-refractivity contribution in [2.75, 3.05) is 32.8 Å². The Morgan fingerprint density at radius 2 is 2.25 bits per heavy atom. The predicted molar refractivity (Wildman–Crippen MR) is 84.4 cm³/mol. The molecule has 0 spiro atoms. The molecule has 1 saturated heterocycles. The zero-order valence-corrected chi connectivity index (χ0v) is 12.9. The van der Waals surface area contributed by atoms with Gasteiger partial charge in [-0.05, 0) is 50.6 Å². The minimum Gasteiger partial charge on any atom is -0.492 e. The molecule has 1 aromatic rings. The number of ether oxygens (including phenoxy) is 1. The van der Waals surface area contributed by atoms with Crippen LogP contribution in [0.25, 0.3) is 0 Å². The first-order valence-electron chi connectivity index (χ1n) is 7.93. The van der Waals surface area contributed by atoms with Gasteiger partial charge in [-0.3, -0.25) is 4.90 Å². The summed E-state index contributed by atoms with van der Waals surface area (Å²) in [7, 11) is 0. The van der Waals surface area contributed by atoms with E-state index in [9.17, 15) is 0 Å². The molecule has 0 bridgehead atoms. The molecule has 1 atom stereocenters. The Kier molecular flexibility index (Phi) is 6.34. The number of piperidine rings is 1. The first-order valence-corrected chi connectivity index (χ1v) is 7.93. The van der Waals surface area contributed by atoms with Crippen molar-refractivity contribution in [3.63, 3.8) is 0 Å². The average Bonchev–Trinajstić information content (AvgIpc) is 2.47. The Morgan fingerprint density at radius 1 is 1.35 bits per heavy atom. The molecule has 0 saturated carbocycles. The normalized spacial score (nSPS) is 19.2. The molecule has 20 heavy (non-hydrogen) atoms. The molecule has 0 amide bonds. The van der Waals surface area contributed by atoms with Gasteiger partial charge in [0.1, 0.15) is 12.4 Å². The number of nitrogens with one attached hydrogen (secondary N) is 1. The first kappa shape index (κ1) is 15.3. The molecule has 1 aliphatic rings. The SMILES string of the molecule is CCN(CCOc1cccc(C)c1)CC1CCCCN1. The van der Waals surface area contributed by atoms with E-state index in [1.54, 1.807) is 0 Å². The van der Waals surface area contributed by atoms with Crippen molar-refractivity contribution >= 4 is 0 Å². The monoisotopic (exact) mass is 276 g/mol. The zero-order chi connectivity index (χ0) is 14.2. The van der Waals surface area contributed by atoms with E-state index in [4.69, 9.17) is 4.74 Å². The lowest BCUT2D eigenvalue weighted by Gasteiger charge is -2.29. The van der Waals surface area contributed by atoms with Crippen LogP contribution in [0.5, 0.6) is 5.75 Å². The summed E-state index contributed by atoms with van der Waals surface area (Å²) in [6.07, 6.45) is 4.02. The van der Waals surface area contributed by atoms with E-state index < -0.39 is 0 Å². The van der Waals surface area contributed by atoms with Crippen LogP contribution in [-0.4, -0.2) is 43.7 Å². The maximum Gasteiger partial charge on any atom is 0.119 e. The molecular formula is C17H28N2O.